The Bertz CT molecular complexity index is 1150. The molecule has 0 bridgehead atoms. The molecule has 0 radical (unpaired) electrons. The topological polar surface area (TPSA) is 82.6 Å². The summed E-state index contributed by atoms with van der Waals surface area (Å²) < 4.78 is 45.3. The summed E-state index contributed by atoms with van der Waals surface area (Å²) in [6.07, 6.45) is 0.802. The normalized spacial score (nSPS) is 20.4. The lowest BCUT2D eigenvalue weighted by Gasteiger charge is -2.34. The summed E-state index contributed by atoms with van der Waals surface area (Å²) in [5.74, 6) is 0.249. The lowest BCUT2D eigenvalue weighted by atomic mass is 10.0. The van der Waals surface area contributed by atoms with Gasteiger partial charge in [0.15, 0.2) is 0 Å². The number of allylic oxidation sites excluding steroid dienone is 2. The van der Waals surface area contributed by atoms with Crippen LogP contribution in [-0.2, 0) is 4.74 Å². The molecule has 2 aliphatic heterocycles. The molecule has 1 aromatic carbocycles. The lowest BCUT2D eigenvalue weighted by Crippen LogP contribution is -2.58. The van der Waals surface area contributed by atoms with Crippen molar-refractivity contribution in [2.24, 2.45) is 0 Å². The van der Waals surface area contributed by atoms with Crippen LogP contribution in [0.5, 0.6) is 0 Å². The maximum atomic E-state index is 13.4. The molecular formula is C25H31F3N6O2. The van der Waals surface area contributed by atoms with Crippen molar-refractivity contribution in [1.29, 1.82) is 0 Å². The van der Waals surface area contributed by atoms with Crippen LogP contribution < -0.4 is 15.5 Å². The van der Waals surface area contributed by atoms with E-state index in [9.17, 15) is 18.0 Å². The standard InChI is InChI=1S/C25H31F3N6O2/c1-4-18(5-2)31-16(3)19-12-17(24(35)34-7-6-29-21(15-34)25(26,27)28)13-20-23(19)32-22(14-30-20)33-8-10-36-11-9-33/h4-5,12-14,16,21,29,31H,1,6-11,15H2,2-3H3/b18-5+. The van der Waals surface area contributed by atoms with Gasteiger partial charge in [-0.3, -0.25) is 9.78 Å². The first kappa shape index (κ1) is 25.9. The fourth-order valence-electron chi connectivity index (χ4n) is 4.45. The Morgan fingerprint density at radius 2 is 2.06 bits per heavy atom. The second kappa shape index (κ2) is 10.8. The van der Waals surface area contributed by atoms with Crippen LogP contribution in [0.2, 0.25) is 0 Å². The van der Waals surface area contributed by atoms with Crippen molar-refractivity contribution in [2.45, 2.75) is 32.1 Å². The monoisotopic (exact) mass is 504 g/mol. The molecule has 2 N–H and O–H groups in total. The number of aromatic nitrogens is 2. The van der Waals surface area contributed by atoms with Crippen molar-refractivity contribution in [3.63, 3.8) is 0 Å². The zero-order valence-corrected chi connectivity index (χ0v) is 20.4. The maximum Gasteiger partial charge on any atom is 0.405 e. The predicted molar refractivity (Wildman–Crippen MR) is 132 cm³/mol. The molecule has 4 rings (SSSR count). The molecule has 0 aliphatic carbocycles. The third-order valence-electron chi connectivity index (χ3n) is 6.49. The van der Waals surface area contributed by atoms with E-state index in [0.717, 1.165) is 11.3 Å². The fraction of sp³-hybridized carbons (Fsp3) is 0.480. The third-order valence-corrected chi connectivity index (χ3v) is 6.49. The Hall–Kier alpha value is -3.18. The zero-order valence-electron chi connectivity index (χ0n) is 20.4. The van der Waals surface area contributed by atoms with Crippen LogP contribution in [0.1, 0.15) is 35.8 Å². The number of benzene rings is 1. The molecule has 2 unspecified atom stereocenters. The average Bonchev–Trinajstić information content (AvgIpc) is 2.90. The van der Waals surface area contributed by atoms with E-state index in [1.54, 1.807) is 24.4 Å². The molecule has 2 aliphatic rings. The maximum absolute atomic E-state index is 13.4. The van der Waals surface area contributed by atoms with E-state index < -0.39 is 24.7 Å². The first-order valence-corrected chi connectivity index (χ1v) is 12.0. The van der Waals surface area contributed by atoms with E-state index >= 15 is 0 Å². The van der Waals surface area contributed by atoms with E-state index in [4.69, 9.17) is 9.72 Å². The highest BCUT2D eigenvalue weighted by molar-refractivity contribution is 5.98. The minimum absolute atomic E-state index is 0.0705. The van der Waals surface area contributed by atoms with Crippen molar-refractivity contribution < 1.29 is 22.7 Å². The van der Waals surface area contributed by atoms with Gasteiger partial charge >= 0.3 is 6.18 Å². The predicted octanol–water partition coefficient (Wildman–Crippen LogP) is 3.18. The fourth-order valence-corrected chi connectivity index (χ4v) is 4.45. The number of alkyl halides is 3. The number of morpholine rings is 1. The number of carbonyl (C=O) groups excluding carboxylic acids is 1. The number of halogens is 3. The summed E-state index contributed by atoms with van der Waals surface area (Å²) in [4.78, 5) is 26.2. The van der Waals surface area contributed by atoms with Gasteiger partial charge in [-0.25, -0.2) is 4.98 Å². The van der Waals surface area contributed by atoms with Gasteiger partial charge in [0.1, 0.15) is 11.9 Å². The smallest absolute Gasteiger partial charge is 0.379 e. The van der Waals surface area contributed by atoms with Gasteiger partial charge in [-0.1, -0.05) is 12.7 Å². The van der Waals surface area contributed by atoms with Crippen molar-refractivity contribution in [1.82, 2.24) is 25.5 Å². The number of carbonyl (C=O) groups is 1. The molecule has 3 heterocycles. The van der Waals surface area contributed by atoms with Crippen LogP contribution >= 0.6 is 0 Å². The summed E-state index contributed by atoms with van der Waals surface area (Å²) >= 11 is 0. The third kappa shape index (κ3) is 5.62. The van der Waals surface area contributed by atoms with Crippen molar-refractivity contribution >= 4 is 22.8 Å². The number of anilines is 1. The number of ether oxygens (including phenoxy) is 1. The van der Waals surface area contributed by atoms with Crippen molar-refractivity contribution in [3.05, 3.63) is 53.9 Å². The Morgan fingerprint density at radius 3 is 2.72 bits per heavy atom. The number of nitrogens with one attached hydrogen (secondary N) is 2. The zero-order chi connectivity index (χ0) is 25.9. The van der Waals surface area contributed by atoms with E-state index in [0.29, 0.717) is 43.2 Å². The molecule has 2 saturated heterocycles. The highest BCUT2D eigenvalue weighted by Crippen LogP contribution is 2.29. The van der Waals surface area contributed by atoms with Gasteiger partial charge in [-0.05, 0) is 32.1 Å². The average molecular weight is 505 g/mol. The van der Waals surface area contributed by atoms with Crippen LogP contribution in [0.4, 0.5) is 19.0 Å². The quantitative estimate of drug-likeness (QED) is 0.585. The molecule has 2 atom stereocenters. The van der Waals surface area contributed by atoms with Crippen LogP contribution in [-0.4, -0.2) is 78.9 Å². The number of nitrogens with zero attached hydrogens (tertiary/aromatic N) is 4. The summed E-state index contributed by atoms with van der Waals surface area (Å²) in [6, 6.07) is 1.29. The van der Waals surface area contributed by atoms with Gasteiger partial charge in [0.05, 0.1) is 36.5 Å². The summed E-state index contributed by atoms with van der Waals surface area (Å²) in [6.45, 7) is 10.0. The van der Waals surface area contributed by atoms with Gasteiger partial charge in [0.2, 0.25) is 0 Å². The summed E-state index contributed by atoms with van der Waals surface area (Å²) in [5.41, 5.74) is 2.94. The van der Waals surface area contributed by atoms with Gasteiger partial charge in [0.25, 0.3) is 5.91 Å². The number of hydrogen-bond donors (Lipinski definition) is 2. The molecule has 0 saturated carbocycles. The molecule has 194 valence electrons. The first-order chi connectivity index (χ1) is 17.2. The van der Waals surface area contributed by atoms with E-state index in [-0.39, 0.29) is 24.7 Å². The minimum Gasteiger partial charge on any atom is -0.379 e. The molecule has 1 aromatic heterocycles. The Balaban J connectivity index is 1.73. The SMILES string of the molecule is C=C/C(=C\C)NC(C)c1cc(C(=O)N2CCNC(C(F)(F)F)C2)cc2ncc(N3CCOCC3)nc12. The molecule has 36 heavy (non-hydrogen) atoms. The number of fused-ring (bicyclic) bond motifs is 1. The molecule has 2 aromatic rings. The Morgan fingerprint density at radius 1 is 1.31 bits per heavy atom. The van der Waals surface area contributed by atoms with Gasteiger partial charge in [0, 0.05) is 49.5 Å². The Kier molecular flexibility index (Phi) is 7.79. The van der Waals surface area contributed by atoms with Gasteiger partial charge in [-0.15, -0.1) is 0 Å². The van der Waals surface area contributed by atoms with E-state index in [1.807, 2.05) is 19.9 Å². The summed E-state index contributed by atoms with van der Waals surface area (Å²) in [7, 11) is 0. The highest BCUT2D eigenvalue weighted by Gasteiger charge is 2.43. The Labute approximate surface area is 208 Å². The van der Waals surface area contributed by atoms with Crippen LogP contribution in [0.3, 0.4) is 0 Å². The van der Waals surface area contributed by atoms with Crippen LogP contribution in [0, 0.1) is 0 Å². The molecule has 8 nitrogen and oxygen atoms in total. The van der Waals surface area contributed by atoms with Crippen LogP contribution in [0.15, 0.2) is 42.8 Å². The van der Waals surface area contributed by atoms with E-state index in [2.05, 4.69) is 27.1 Å². The second-order valence-electron chi connectivity index (χ2n) is 8.87. The summed E-state index contributed by atoms with van der Waals surface area (Å²) in [5, 5.41) is 5.80. The number of hydrogen-bond acceptors (Lipinski definition) is 7. The largest absolute Gasteiger partial charge is 0.405 e. The van der Waals surface area contributed by atoms with Crippen LogP contribution in [0.25, 0.3) is 11.0 Å². The molecule has 2 fully saturated rings. The highest BCUT2D eigenvalue weighted by atomic mass is 19.4. The molecule has 1 amide bonds. The van der Waals surface area contributed by atoms with Crippen molar-refractivity contribution in [2.75, 3.05) is 50.8 Å². The van der Waals surface area contributed by atoms with Gasteiger partial charge in [-0.2, -0.15) is 13.2 Å². The first-order valence-electron chi connectivity index (χ1n) is 12.0. The lowest BCUT2D eigenvalue weighted by molar-refractivity contribution is -0.162. The molecule has 0 spiro atoms. The minimum atomic E-state index is -4.43. The van der Waals surface area contributed by atoms with E-state index in [1.165, 1.54) is 4.90 Å². The second-order valence-corrected chi connectivity index (χ2v) is 8.87. The van der Waals surface area contributed by atoms with Crippen molar-refractivity contribution in [3.8, 4) is 0 Å². The number of rotatable bonds is 6. The molecule has 11 heteroatoms. The number of amides is 1. The number of piperazine rings is 1. The molecular weight excluding hydrogens is 473 g/mol. The van der Waals surface area contributed by atoms with Gasteiger partial charge < -0.3 is 25.2 Å².